The molecule has 7 nitrogen and oxygen atoms in total. The van der Waals surface area contributed by atoms with Gasteiger partial charge in [0.05, 0.1) is 11.7 Å². The molecule has 0 N–H and O–H groups in total. The van der Waals surface area contributed by atoms with Gasteiger partial charge in [-0.1, -0.05) is 42.5 Å². The molecule has 0 aliphatic carbocycles. The second-order valence-corrected chi connectivity index (χ2v) is 8.07. The number of halogens is 1. The molecule has 0 saturated carbocycles. The number of rotatable bonds is 6. The molecule has 4 rings (SSSR count). The van der Waals surface area contributed by atoms with E-state index >= 15 is 0 Å². The van der Waals surface area contributed by atoms with E-state index in [0.29, 0.717) is 17.8 Å². The van der Waals surface area contributed by atoms with Crippen molar-refractivity contribution in [2.45, 2.75) is 39.5 Å². The van der Waals surface area contributed by atoms with Gasteiger partial charge in [-0.3, -0.25) is 9.69 Å². The molecule has 3 aromatic rings. The highest BCUT2D eigenvalue weighted by Crippen LogP contribution is 2.35. The van der Waals surface area contributed by atoms with E-state index in [2.05, 4.69) is 4.98 Å². The van der Waals surface area contributed by atoms with Crippen LogP contribution in [-0.2, 0) is 33.9 Å². The van der Waals surface area contributed by atoms with Gasteiger partial charge in [-0.2, -0.15) is 0 Å². The maximum absolute atomic E-state index is 13.4. The van der Waals surface area contributed by atoms with Crippen LogP contribution >= 0.6 is 0 Å². The molecule has 34 heavy (non-hydrogen) atoms. The number of carbonyl (C=O) groups excluding carboxylic acids is 2. The van der Waals surface area contributed by atoms with Crippen molar-refractivity contribution in [1.29, 1.82) is 0 Å². The molecule has 8 heteroatoms. The van der Waals surface area contributed by atoms with Crippen LogP contribution in [0.1, 0.15) is 36.2 Å². The molecule has 2 aromatic carbocycles. The molecule has 1 amide bonds. The van der Waals surface area contributed by atoms with Crippen LogP contribution in [0.5, 0.6) is 5.88 Å². The van der Waals surface area contributed by atoms with Crippen LogP contribution in [0.3, 0.4) is 0 Å². The summed E-state index contributed by atoms with van der Waals surface area (Å²) in [6.07, 6.45) is -0.110. The third-order valence-corrected chi connectivity index (χ3v) is 5.42. The topological polar surface area (TPSA) is 78.0 Å². The summed E-state index contributed by atoms with van der Waals surface area (Å²) in [7, 11) is 0. The van der Waals surface area contributed by atoms with Gasteiger partial charge in [-0.05, 0) is 48.2 Å². The number of esters is 1. The van der Waals surface area contributed by atoms with E-state index in [9.17, 15) is 14.0 Å². The molecule has 0 spiro atoms. The van der Waals surface area contributed by atoms with Gasteiger partial charge in [0, 0.05) is 6.92 Å². The Hall–Kier alpha value is -3.94. The van der Waals surface area contributed by atoms with Gasteiger partial charge in [0.1, 0.15) is 31.3 Å². The summed E-state index contributed by atoms with van der Waals surface area (Å²) in [5, 5.41) is 0. The molecule has 0 bridgehead atoms. The number of benzene rings is 2. The fourth-order valence-electron chi connectivity index (χ4n) is 3.69. The number of carbonyl (C=O) groups is 2. The number of ether oxygens (including phenoxy) is 3. The minimum absolute atomic E-state index is 0.0451. The van der Waals surface area contributed by atoms with Gasteiger partial charge in [0.25, 0.3) is 0 Å². The monoisotopic (exact) mass is 464 g/mol. The Morgan fingerprint density at radius 2 is 1.79 bits per heavy atom. The molecule has 1 aliphatic rings. The average Bonchev–Trinajstić information content (AvgIpc) is 2.83. The van der Waals surface area contributed by atoms with Crippen molar-refractivity contribution in [1.82, 2.24) is 4.98 Å². The summed E-state index contributed by atoms with van der Waals surface area (Å²) in [6.45, 7) is 3.51. The van der Waals surface area contributed by atoms with Crippen LogP contribution in [0.25, 0.3) is 0 Å². The minimum Gasteiger partial charge on any atom is -0.474 e. The molecule has 1 aromatic heterocycles. The first-order valence-electron chi connectivity index (χ1n) is 10.9. The van der Waals surface area contributed by atoms with Crippen LogP contribution in [0.4, 0.5) is 14.9 Å². The lowest BCUT2D eigenvalue weighted by atomic mass is 10.0. The molecular weight excluding hydrogens is 439 g/mol. The molecular formula is C26H25FN2O5. The molecule has 1 atom stereocenters. The fraction of sp³-hybridized carbons (Fsp3) is 0.269. The smallest absolute Gasteiger partial charge is 0.415 e. The summed E-state index contributed by atoms with van der Waals surface area (Å²) in [4.78, 5) is 30.5. The molecule has 2 heterocycles. The van der Waals surface area contributed by atoms with Gasteiger partial charge in [0.15, 0.2) is 0 Å². The zero-order chi connectivity index (χ0) is 24.1. The number of anilines is 1. The summed E-state index contributed by atoms with van der Waals surface area (Å²) in [5.41, 5.74) is 3.43. The first-order chi connectivity index (χ1) is 16.4. The number of amides is 1. The van der Waals surface area contributed by atoms with Crippen molar-refractivity contribution in [3.8, 4) is 5.88 Å². The third-order valence-electron chi connectivity index (χ3n) is 5.42. The molecule has 0 radical (unpaired) electrons. The lowest BCUT2D eigenvalue weighted by molar-refractivity contribution is -0.142. The Bertz CT molecular complexity index is 1170. The maximum Gasteiger partial charge on any atom is 0.415 e. The zero-order valence-electron chi connectivity index (χ0n) is 19.0. The molecule has 0 unspecified atom stereocenters. The van der Waals surface area contributed by atoms with Crippen molar-refractivity contribution >= 4 is 17.7 Å². The van der Waals surface area contributed by atoms with Crippen molar-refractivity contribution < 1.29 is 28.2 Å². The van der Waals surface area contributed by atoms with E-state index in [1.807, 2.05) is 37.3 Å². The van der Waals surface area contributed by atoms with Gasteiger partial charge in [0.2, 0.25) is 5.88 Å². The van der Waals surface area contributed by atoms with Crippen LogP contribution in [0.15, 0.2) is 60.7 Å². The van der Waals surface area contributed by atoms with Crippen LogP contribution < -0.4 is 9.64 Å². The second kappa shape index (κ2) is 10.3. The lowest BCUT2D eigenvalue weighted by Crippen LogP contribution is -2.45. The first kappa shape index (κ1) is 23.2. The largest absolute Gasteiger partial charge is 0.474 e. The number of hydrogen-bond acceptors (Lipinski definition) is 6. The van der Waals surface area contributed by atoms with Crippen molar-refractivity contribution in [3.63, 3.8) is 0 Å². The number of fused-ring (bicyclic) bond motifs is 1. The van der Waals surface area contributed by atoms with E-state index in [1.54, 1.807) is 18.2 Å². The number of hydrogen-bond donors (Lipinski definition) is 0. The highest BCUT2D eigenvalue weighted by atomic mass is 19.1. The van der Waals surface area contributed by atoms with E-state index in [0.717, 1.165) is 16.7 Å². The summed E-state index contributed by atoms with van der Waals surface area (Å²) < 4.78 is 29.9. The van der Waals surface area contributed by atoms with Crippen LogP contribution in [0.2, 0.25) is 0 Å². The maximum atomic E-state index is 13.4. The Morgan fingerprint density at radius 1 is 1.06 bits per heavy atom. The number of pyridine rings is 1. The highest BCUT2D eigenvalue weighted by Gasteiger charge is 2.33. The van der Waals surface area contributed by atoms with Crippen molar-refractivity contribution in [2.75, 3.05) is 11.5 Å². The quantitative estimate of drug-likeness (QED) is 0.488. The molecule has 1 aliphatic heterocycles. The standard InChI is InChI=1S/C26H25FN2O5/c1-17-14-33-25-24(29(17)26(31)34-15-20-6-4-3-5-7-20)13-21(23(28-25)16-32-18(2)30)12-19-8-10-22(27)11-9-19/h3-11,13,17H,12,14-16H2,1-2H3/t17-/m0/s1. The Balaban J connectivity index is 1.65. The van der Waals surface area contributed by atoms with Gasteiger partial charge >= 0.3 is 12.1 Å². The minimum atomic E-state index is -0.511. The predicted octanol–water partition coefficient (Wildman–Crippen LogP) is 4.80. The normalized spacial score (nSPS) is 14.7. The number of aromatic nitrogens is 1. The highest BCUT2D eigenvalue weighted by molar-refractivity contribution is 5.90. The molecule has 176 valence electrons. The SMILES string of the molecule is CC(=O)OCc1nc2c(cc1Cc1ccc(F)cc1)N(C(=O)OCc1ccccc1)[C@@H](C)CO2. The van der Waals surface area contributed by atoms with Crippen molar-refractivity contribution in [2.24, 2.45) is 0 Å². The van der Waals surface area contributed by atoms with E-state index in [1.165, 1.54) is 24.0 Å². The average molecular weight is 464 g/mol. The fourth-order valence-corrected chi connectivity index (χ4v) is 3.69. The molecule has 0 saturated heterocycles. The van der Waals surface area contributed by atoms with E-state index in [4.69, 9.17) is 14.2 Å². The molecule has 0 fully saturated rings. The second-order valence-electron chi connectivity index (χ2n) is 8.07. The van der Waals surface area contributed by atoms with Gasteiger partial charge in [-0.15, -0.1) is 0 Å². The van der Waals surface area contributed by atoms with Crippen LogP contribution in [0, 0.1) is 5.82 Å². The van der Waals surface area contributed by atoms with Crippen LogP contribution in [-0.4, -0.2) is 29.7 Å². The number of nitrogens with zero attached hydrogens (tertiary/aromatic N) is 2. The zero-order valence-corrected chi connectivity index (χ0v) is 19.0. The lowest BCUT2D eigenvalue weighted by Gasteiger charge is -2.34. The Kier molecular flexibility index (Phi) is 7.06. The van der Waals surface area contributed by atoms with Gasteiger partial charge < -0.3 is 14.2 Å². The van der Waals surface area contributed by atoms with Crippen molar-refractivity contribution in [3.05, 3.63) is 88.9 Å². The summed E-state index contributed by atoms with van der Waals surface area (Å²) in [5.74, 6) is -0.505. The first-order valence-corrected chi connectivity index (χ1v) is 10.9. The Labute approximate surface area is 197 Å². The summed E-state index contributed by atoms with van der Waals surface area (Å²) >= 11 is 0. The van der Waals surface area contributed by atoms with E-state index < -0.39 is 12.1 Å². The van der Waals surface area contributed by atoms with E-state index in [-0.39, 0.29) is 37.6 Å². The predicted molar refractivity (Wildman–Crippen MR) is 123 cm³/mol. The third kappa shape index (κ3) is 5.51. The Morgan fingerprint density at radius 3 is 2.50 bits per heavy atom. The van der Waals surface area contributed by atoms with Gasteiger partial charge in [-0.25, -0.2) is 14.2 Å². The summed E-state index contributed by atoms with van der Waals surface area (Å²) in [6, 6.07) is 17.0.